The molecule has 0 unspecified atom stereocenters. The highest BCUT2D eigenvalue weighted by Crippen LogP contribution is 2.56. The molecule has 2 aromatic carbocycles. The van der Waals surface area contributed by atoms with E-state index in [1.54, 1.807) is 6.92 Å². The van der Waals surface area contributed by atoms with E-state index >= 15 is 0 Å². The molecule has 0 fully saturated rings. The van der Waals surface area contributed by atoms with Gasteiger partial charge in [0.1, 0.15) is 0 Å². The third-order valence-corrected chi connectivity index (χ3v) is 4.43. The Labute approximate surface area is 156 Å². The van der Waals surface area contributed by atoms with Gasteiger partial charge in [-0.2, -0.15) is 26.3 Å². The van der Waals surface area contributed by atoms with Crippen LogP contribution in [0.2, 0.25) is 0 Å². The summed E-state index contributed by atoms with van der Waals surface area (Å²) < 4.78 is 89.2. The molecule has 3 nitrogen and oxygen atoms in total. The number of hydrogen-bond donors (Lipinski definition) is 0. The number of hydrogen-bond acceptors (Lipinski definition) is 3. The van der Waals surface area contributed by atoms with Crippen LogP contribution in [0.4, 0.5) is 26.3 Å². The molecule has 0 aliphatic heterocycles. The maximum Gasteiger partial charge on any atom is 0.411 e. The highest BCUT2D eigenvalue weighted by atomic mass is 19.4. The Balaban J connectivity index is 2.23. The minimum Gasteiger partial charge on any atom is -0.421 e. The summed E-state index contributed by atoms with van der Waals surface area (Å²) >= 11 is 0. The van der Waals surface area contributed by atoms with Crippen LogP contribution >= 0.6 is 0 Å². The lowest BCUT2D eigenvalue weighted by atomic mass is 9.72. The zero-order valence-electron chi connectivity index (χ0n) is 14.7. The van der Waals surface area contributed by atoms with Crippen LogP contribution in [0.15, 0.2) is 52.9 Å². The van der Waals surface area contributed by atoms with E-state index in [9.17, 15) is 26.3 Å². The summed E-state index contributed by atoms with van der Waals surface area (Å²) in [6, 6.07) is 7.92. The standard InChI is InChI=1S/C19H14F6N2O/c1-11-3-7-14(8-4-11)17(18(20,21)22,19(23,24)25)15-9-5-13(6-10-15)16-27-26-12(2)28-16/h3-10H,1-2H3. The molecule has 148 valence electrons. The predicted octanol–water partition coefficient (Wildman–Crippen LogP) is 5.76. The highest BCUT2D eigenvalue weighted by molar-refractivity contribution is 5.55. The summed E-state index contributed by atoms with van der Waals surface area (Å²) in [7, 11) is 0. The highest BCUT2D eigenvalue weighted by Gasteiger charge is 2.72. The molecule has 9 heteroatoms. The lowest BCUT2D eigenvalue weighted by molar-refractivity contribution is -0.288. The van der Waals surface area contributed by atoms with E-state index in [-0.39, 0.29) is 17.3 Å². The van der Waals surface area contributed by atoms with Crippen LogP contribution in [0.5, 0.6) is 0 Å². The maximum absolute atomic E-state index is 14.0. The third kappa shape index (κ3) is 3.14. The molecule has 0 aliphatic carbocycles. The topological polar surface area (TPSA) is 38.9 Å². The van der Waals surface area contributed by atoms with Crippen LogP contribution in [0.25, 0.3) is 11.5 Å². The van der Waals surface area contributed by atoms with E-state index in [4.69, 9.17) is 4.42 Å². The van der Waals surface area contributed by atoms with Crippen molar-refractivity contribution in [2.75, 3.05) is 0 Å². The van der Waals surface area contributed by atoms with Crippen LogP contribution in [-0.2, 0) is 5.41 Å². The summed E-state index contributed by atoms with van der Waals surface area (Å²) in [6.07, 6.45) is -11.2. The molecule has 0 bridgehead atoms. The molecule has 0 atom stereocenters. The number of benzene rings is 2. The van der Waals surface area contributed by atoms with E-state index in [2.05, 4.69) is 10.2 Å². The normalized spacial score (nSPS) is 13.0. The third-order valence-electron chi connectivity index (χ3n) is 4.43. The van der Waals surface area contributed by atoms with E-state index in [0.717, 1.165) is 36.4 Å². The Morgan fingerprint density at radius 2 is 1.14 bits per heavy atom. The molecular weight excluding hydrogens is 386 g/mol. The van der Waals surface area contributed by atoms with Gasteiger partial charge in [0.05, 0.1) is 0 Å². The zero-order valence-corrected chi connectivity index (χ0v) is 14.7. The molecule has 0 aliphatic rings. The van der Waals surface area contributed by atoms with Crippen molar-refractivity contribution in [2.24, 2.45) is 0 Å². The van der Waals surface area contributed by atoms with Crippen molar-refractivity contribution in [3.05, 3.63) is 71.1 Å². The van der Waals surface area contributed by atoms with Crippen molar-refractivity contribution in [3.8, 4) is 11.5 Å². The molecule has 3 aromatic rings. The van der Waals surface area contributed by atoms with Gasteiger partial charge in [-0.05, 0) is 30.2 Å². The smallest absolute Gasteiger partial charge is 0.411 e. The van der Waals surface area contributed by atoms with Gasteiger partial charge in [0.15, 0.2) is 0 Å². The molecule has 1 aromatic heterocycles. The van der Waals surface area contributed by atoms with Crippen LogP contribution in [-0.4, -0.2) is 22.5 Å². The average Bonchev–Trinajstić information content (AvgIpc) is 3.02. The van der Waals surface area contributed by atoms with Gasteiger partial charge in [-0.15, -0.1) is 10.2 Å². The second kappa shape index (κ2) is 6.65. The van der Waals surface area contributed by atoms with Crippen molar-refractivity contribution in [2.45, 2.75) is 31.6 Å². The number of aryl methyl sites for hydroxylation is 2. The van der Waals surface area contributed by atoms with E-state index < -0.39 is 28.9 Å². The molecule has 0 N–H and O–H groups in total. The lowest BCUT2D eigenvalue weighted by Crippen LogP contribution is -2.54. The molecule has 0 radical (unpaired) electrons. The van der Waals surface area contributed by atoms with Crippen molar-refractivity contribution in [1.29, 1.82) is 0 Å². The van der Waals surface area contributed by atoms with E-state index in [1.807, 2.05) is 0 Å². The van der Waals surface area contributed by atoms with Crippen molar-refractivity contribution in [1.82, 2.24) is 10.2 Å². The fourth-order valence-electron chi connectivity index (χ4n) is 3.06. The molecule has 3 rings (SSSR count). The summed E-state index contributed by atoms with van der Waals surface area (Å²) in [4.78, 5) is 0. The van der Waals surface area contributed by atoms with Crippen LogP contribution in [0.1, 0.15) is 22.6 Å². The summed E-state index contributed by atoms with van der Waals surface area (Å²) in [5.41, 5.74) is -5.26. The first-order chi connectivity index (χ1) is 13.0. The van der Waals surface area contributed by atoms with Crippen molar-refractivity contribution >= 4 is 0 Å². The van der Waals surface area contributed by atoms with Gasteiger partial charge in [-0.1, -0.05) is 42.0 Å². The number of rotatable bonds is 3. The largest absolute Gasteiger partial charge is 0.421 e. The van der Waals surface area contributed by atoms with E-state index in [0.29, 0.717) is 5.56 Å². The first kappa shape index (κ1) is 19.9. The Morgan fingerprint density at radius 3 is 1.54 bits per heavy atom. The SMILES string of the molecule is Cc1ccc(C(c2ccc(-c3nnc(C)o3)cc2)(C(F)(F)F)C(F)(F)F)cc1. The predicted molar refractivity (Wildman–Crippen MR) is 88.5 cm³/mol. The van der Waals surface area contributed by atoms with Gasteiger partial charge in [-0.3, -0.25) is 0 Å². The number of halogens is 6. The molecule has 28 heavy (non-hydrogen) atoms. The fourth-order valence-corrected chi connectivity index (χ4v) is 3.06. The van der Waals surface area contributed by atoms with E-state index in [1.165, 1.54) is 19.1 Å². The Morgan fingerprint density at radius 1 is 0.679 bits per heavy atom. The Hall–Kier alpha value is -2.84. The Bertz CT molecular complexity index is 942. The van der Waals surface area contributed by atoms with Gasteiger partial charge in [0.2, 0.25) is 17.2 Å². The molecule has 0 saturated heterocycles. The first-order valence-corrected chi connectivity index (χ1v) is 8.08. The molecule has 0 spiro atoms. The fraction of sp³-hybridized carbons (Fsp3) is 0.263. The van der Waals surface area contributed by atoms with Gasteiger partial charge < -0.3 is 4.42 Å². The molecular formula is C19H14F6N2O. The first-order valence-electron chi connectivity index (χ1n) is 8.08. The average molecular weight is 400 g/mol. The van der Waals surface area contributed by atoms with Crippen molar-refractivity contribution < 1.29 is 30.8 Å². The second-order valence-corrected chi connectivity index (χ2v) is 6.32. The van der Waals surface area contributed by atoms with Gasteiger partial charge in [0.25, 0.3) is 0 Å². The summed E-state index contributed by atoms with van der Waals surface area (Å²) in [5, 5.41) is 7.30. The van der Waals surface area contributed by atoms with Gasteiger partial charge >= 0.3 is 12.4 Å². The summed E-state index contributed by atoms with van der Waals surface area (Å²) in [6.45, 7) is 3.09. The Kier molecular flexibility index (Phi) is 4.73. The number of nitrogens with zero attached hydrogens (tertiary/aromatic N) is 2. The molecule has 0 saturated carbocycles. The lowest BCUT2D eigenvalue weighted by Gasteiger charge is -2.38. The van der Waals surface area contributed by atoms with Crippen LogP contribution < -0.4 is 0 Å². The minimum atomic E-state index is -5.62. The summed E-state index contributed by atoms with van der Waals surface area (Å²) in [5.74, 6) is 0.225. The minimum absolute atomic E-state index is 0.00371. The van der Waals surface area contributed by atoms with Crippen LogP contribution in [0, 0.1) is 13.8 Å². The zero-order chi connectivity index (χ0) is 20.7. The second-order valence-electron chi connectivity index (χ2n) is 6.32. The monoisotopic (exact) mass is 400 g/mol. The van der Waals surface area contributed by atoms with Crippen LogP contribution in [0.3, 0.4) is 0 Å². The number of aromatic nitrogens is 2. The quantitative estimate of drug-likeness (QED) is 0.525. The molecule has 1 heterocycles. The van der Waals surface area contributed by atoms with Gasteiger partial charge in [0, 0.05) is 12.5 Å². The molecule has 0 amide bonds. The van der Waals surface area contributed by atoms with Gasteiger partial charge in [-0.25, -0.2) is 0 Å². The van der Waals surface area contributed by atoms with Crippen molar-refractivity contribution in [3.63, 3.8) is 0 Å². The maximum atomic E-state index is 14.0. The number of alkyl halides is 6.